The molecule has 1 saturated carbocycles. The second-order valence-electron chi connectivity index (χ2n) is 5.97. The van der Waals surface area contributed by atoms with Crippen LogP contribution in [0.25, 0.3) is 0 Å². The van der Waals surface area contributed by atoms with E-state index in [1.165, 1.54) is 43.6 Å². The van der Waals surface area contributed by atoms with E-state index in [0.717, 1.165) is 30.0 Å². The minimum absolute atomic E-state index is 0. The van der Waals surface area contributed by atoms with Crippen LogP contribution in [0.3, 0.4) is 0 Å². The molecule has 0 spiro atoms. The van der Waals surface area contributed by atoms with Gasteiger partial charge in [-0.3, -0.25) is 4.99 Å². The van der Waals surface area contributed by atoms with Gasteiger partial charge in [0.1, 0.15) is 0 Å². The maximum absolute atomic E-state index is 4.47. The molecule has 1 aromatic rings. The van der Waals surface area contributed by atoms with E-state index >= 15 is 0 Å². The van der Waals surface area contributed by atoms with Gasteiger partial charge in [-0.2, -0.15) is 0 Å². The van der Waals surface area contributed by atoms with Crippen molar-refractivity contribution in [3.63, 3.8) is 0 Å². The summed E-state index contributed by atoms with van der Waals surface area (Å²) in [6.07, 6.45) is 5.65. The predicted octanol–water partition coefficient (Wildman–Crippen LogP) is 3.27. The smallest absolute Gasteiger partial charge is 0.193 e. The van der Waals surface area contributed by atoms with Crippen molar-refractivity contribution in [2.75, 3.05) is 20.1 Å². The molecule has 21 heavy (non-hydrogen) atoms. The van der Waals surface area contributed by atoms with Crippen LogP contribution in [-0.4, -0.2) is 36.0 Å². The minimum Gasteiger partial charge on any atom is -0.351 e. The van der Waals surface area contributed by atoms with Crippen molar-refractivity contribution in [1.82, 2.24) is 15.2 Å². The van der Waals surface area contributed by atoms with Crippen molar-refractivity contribution in [1.29, 1.82) is 0 Å². The number of hydrogen-bond donors (Lipinski definition) is 1. The lowest BCUT2D eigenvalue weighted by Gasteiger charge is -2.22. The Morgan fingerprint density at radius 2 is 2.05 bits per heavy atom. The number of nitrogens with one attached hydrogen (secondary N) is 1. The van der Waals surface area contributed by atoms with Gasteiger partial charge in [0.05, 0.1) is 17.7 Å². The molecule has 0 radical (unpaired) electrons. The summed E-state index contributed by atoms with van der Waals surface area (Å²) in [7, 11) is 1.89. The Morgan fingerprint density at radius 1 is 1.38 bits per heavy atom. The van der Waals surface area contributed by atoms with Crippen molar-refractivity contribution in [2.45, 2.75) is 39.2 Å². The standard InChI is InChI=1S/C15H24N4S.HI/c1-11-14(20-10-18-11)7-17-15(16-2)19-8-12-5-3-4-6-13(12)9-19;/h10,12-13H,3-9H2,1-2H3,(H,16,17);1H. The van der Waals surface area contributed by atoms with Gasteiger partial charge in [-0.25, -0.2) is 4.98 Å². The number of nitrogens with zero attached hydrogens (tertiary/aromatic N) is 3. The van der Waals surface area contributed by atoms with Gasteiger partial charge in [-0.05, 0) is 31.6 Å². The zero-order valence-corrected chi connectivity index (χ0v) is 16.0. The molecule has 2 heterocycles. The highest BCUT2D eigenvalue weighted by atomic mass is 127. The first kappa shape index (κ1) is 17.0. The Balaban J connectivity index is 0.00000161. The van der Waals surface area contributed by atoms with E-state index in [9.17, 15) is 0 Å². The van der Waals surface area contributed by atoms with E-state index < -0.39 is 0 Å². The van der Waals surface area contributed by atoms with Gasteiger partial charge in [-0.1, -0.05) is 12.8 Å². The van der Waals surface area contributed by atoms with Crippen LogP contribution < -0.4 is 5.32 Å². The van der Waals surface area contributed by atoms with Crippen LogP contribution in [0, 0.1) is 18.8 Å². The fraction of sp³-hybridized carbons (Fsp3) is 0.733. The Bertz CT molecular complexity index is 474. The molecule has 0 aromatic carbocycles. The molecule has 2 atom stereocenters. The zero-order chi connectivity index (χ0) is 13.9. The summed E-state index contributed by atoms with van der Waals surface area (Å²) in [5.41, 5.74) is 3.05. The van der Waals surface area contributed by atoms with Crippen molar-refractivity contribution in [3.05, 3.63) is 16.1 Å². The molecule has 4 nitrogen and oxygen atoms in total. The number of thiazole rings is 1. The molecule has 3 rings (SSSR count). The van der Waals surface area contributed by atoms with Crippen LogP contribution >= 0.6 is 35.3 Å². The number of aliphatic imine (C=N–C) groups is 1. The zero-order valence-electron chi connectivity index (χ0n) is 12.8. The van der Waals surface area contributed by atoms with E-state index in [2.05, 4.69) is 27.1 Å². The molecule has 1 saturated heterocycles. The number of hydrogen-bond acceptors (Lipinski definition) is 3. The Kier molecular flexibility index (Phi) is 6.28. The van der Waals surface area contributed by atoms with Gasteiger partial charge in [-0.15, -0.1) is 35.3 Å². The van der Waals surface area contributed by atoms with Gasteiger partial charge in [0.15, 0.2) is 5.96 Å². The molecule has 0 amide bonds. The summed E-state index contributed by atoms with van der Waals surface area (Å²) >= 11 is 1.72. The number of rotatable bonds is 2. The van der Waals surface area contributed by atoms with E-state index in [1.807, 2.05) is 12.6 Å². The molecule has 118 valence electrons. The summed E-state index contributed by atoms with van der Waals surface area (Å²) in [5, 5.41) is 3.51. The third-order valence-corrected chi connectivity index (χ3v) is 5.67. The van der Waals surface area contributed by atoms with Crippen LogP contribution in [0.4, 0.5) is 0 Å². The maximum Gasteiger partial charge on any atom is 0.193 e. The van der Waals surface area contributed by atoms with Crippen LogP contribution in [-0.2, 0) is 6.54 Å². The van der Waals surface area contributed by atoms with E-state index in [4.69, 9.17) is 0 Å². The van der Waals surface area contributed by atoms with Gasteiger partial charge in [0.25, 0.3) is 0 Å². The topological polar surface area (TPSA) is 40.5 Å². The maximum atomic E-state index is 4.47. The Labute approximate surface area is 148 Å². The number of aromatic nitrogens is 1. The summed E-state index contributed by atoms with van der Waals surface area (Å²) < 4.78 is 0. The fourth-order valence-electron chi connectivity index (χ4n) is 3.57. The summed E-state index contributed by atoms with van der Waals surface area (Å²) in [5.74, 6) is 2.85. The molecule has 0 bridgehead atoms. The number of fused-ring (bicyclic) bond motifs is 1. The molecule has 1 N–H and O–H groups in total. The summed E-state index contributed by atoms with van der Waals surface area (Å²) in [6, 6.07) is 0. The van der Waals surface area contributed by atoms with Crippen LogP contribution in [0.2, 0.25) is 0 Å². The SMILES string of the molecule is CN=C(NCc1scnc1C)N1CC2CCCCC2C1.I. The highest BCUT2D eigenvalue weighted by Crippen LogP contribution is 2.35. The first-order chi connectivity index (χ1) is 9.78. The lowest BCUT2D eigenvalue weighted by Crippen LogP contribution is -2.39. The first-order valence-electron chi connectivity index (χ1n) is 7.62. The number of aryl methyl sites for hydroxylation is 1. The third kappa shape index (κ3) is 3.88. The van der Waals surface area contributed by atoms with Crippen molar-refractivity contribution >= 4 is 41.3 Å². The molecule has 1 aromatic heterocycles. The van der Waals surface area contributed by atoms with E-state index in [0.29, 0.717) is 0 Å². The monoisotopic (exact) mass is 420 g/mol. The Morgan fingerprint density at radius 3 is 2.57 bits per heavy atom. The highest BCUT2D eigenvalue weighted by molar-refractivity contribution is 14.0. The summed E-state index contributed by atoms with van der Waals surface area (Å²) in [6.45, 7) is 5.29. The quantitative estimate of drug-likeness (QED) is 0.454. The van der Waals surface area contributed by atoms with Gasteiger partial charge in [0.2, 0.25) is 0 Å². The average Bonchev–Trinajstić information content (AvgIpc) is 3.06. The molecule has 2 fully saturated rings. The third-order valence-electron chi connectivity index (χ3n) is 4.74. The summed E-state index contributed by atoms with van der Waals surface area (Å²) in [4.78, 5) is 12.5. The van der Waals surface area contributed by atoms with Gasteiger partial charge in [0, 0.05) is 25.0 Å². The van der Waals surface area contributed by atoms with Crippen molar-refractivity contribution in [2.24, 2.45) is 16.8 Å². The lowest BCUT2D eigenvalue weighted by atomic mass is 9.82. The largest absolute Gasteiger partial charge is 0.351 e. The number of guanidine groups is 1. The fourth-order valence-corrected chi connectivity index (χ4v) is 4.28. The molecule has 2 aliphatic rings. The molecular weight excluding hydrogens is 395 g/mol. The Hall–Kier alpha value is -0.370. The molecule has 1 aliphatic heterocycles. The second kappa shape index (κ2) is 7.76. The minimum atomic E-state index is 0. The second-order valence-corrected chi connectivity index (χ2v) is 6.91. The lowest BCUT2D eigenvalue weighted by molar-refractivity contribution is 0.299. The van der Waals surface area contributed by atoms with Crippen LogP contribution in [0.5, 0.6) is 0 Å². The highest BCUT2D eigenvalue weighted by Gasteiger charge is 2.35. The number of likely N-dealkylation sites (tertiary alicyclic amines) is 1. The average molecular weight is 420 g/mol. The number of halogens is 1. The van der Waals surface area contributed by atoms with Crippen molar-refractivity contribution in [3.8, 4) is 0 Å². The van der Waals surface area contributed by atoms with Crippen LogP contribution in [0.15, 0.2) is 10.5 Å². The molecular formula is C15H25IN4S. The van der Waals surface area contributed by atoms with Gasteiger partial charge >= 0.3 is 0 Å². The van der Waals surface area contributed by atoms with Gasteiger partial charge < -0.3 is 10.2 Å². The van der Waals surface area contributed by atoms with E-state index in [-0.39, 0.29) is 24.0 Å². The normalized spacial score (nSPS) is 25.4. The molecule has 2 unspecified atom stereocenters. The first-order valence-corrected chi connectivity index (χ1v) is 8.50. The van der Waals surface area contributed by atoms with E-state index in [1.54, 1.807) is 11.3 Å². The van der Waals surface area contributed by atoms with Crippen LogP contribution in [0.1, 0.15) is 36.3 Å². The molecule has 1 aliphatic carbocycles. The van der Waals surface area contributed by atoms with Crippen molar-refractivity contribution < 1.29 is 0 Å². The predicted molar refractivity (Wildman–Crippen MR) is 99.5 cm³/mol. The molecule has 6 heteroatoms.